The number of carbonyl (C=O) groups is 1. The summed E-state index contributed by atoms with van der Waals surface area (Å²) in [6.07, 6.45) is 1.89. The predicted octanol–water partition coefficient (Wildman–Crippen LogP) is 3.82. The molecule has 2 aromatic carbocycles. The average molecular weight is 380 g/mol. The van der Waals surface area contributed by atoms with Gasteiger partial charge in [0.25, 0.3) is 0 Å². The number of fused-ring (bicyclic) bond motifs is 1. The number of likely N-dealkylation sites (N-methyl/N-ethyl adjacent to an activating group) is 1. The fourth-order valence-electron chi connectivity index (χ4n) is 2.89. The van der Waals surface area contributed by atoms with Crippen LogP contribution in [0.4, 0.5) is 4.39 Å². The van der Waals surface area contributed by atoms with Gasteiger partial charge in [0.2, 0.25) is 5.91 Å². The normalized spacial score (nSPS) is 11.0. The van der Waals surface area contributed by atoms with E-state index in [1.54, 1.807) is 29.0 Å². The lowest BCUT2D eigenvalue weighted by Gasteiger charge is -2.15. The van der Waals surface area contributed by atoms with Gasteiger partial charge in [0.05, 0.1) is 29.5 Å². The molecule has 0 radical (unpaired) electrons. The largest absolute Gasteiger partial charge is 0.339 e. The summed E-state index contributed by atoms with van der Waals surface area (Å²) in [4.78, 5) is 15.8. The molecule has 0 bridgehead atoms. The quantitative estimate of drug-likeness (QED) is 0.529. The highest BCUT2D eigenvalue weighted by molar-refractivity contribution is 7.17. The molecule has 0 aliphatic rings. The van der Waals surface area contributed by atoms with Crippen molar-refractivity contribution in [3.63, 3.8) is 0 Å². The molecule has 0 spiro atoms. The number of thiophene rings is 1. The number of rotatable bonds is 5. The lowest BCUT2D eigenvalue weighted by atomic mass is 10.1. The Morgan fingerprint density at radius 2 is 2.00 bits per heavy atom. The van der Waals surface area contributed by atoms with Crippen molar-refractivity contribution in [2.75, 3.05) is 7.05 Å². The van der Waals surface area contributed by atoms with Gasteiger partial charge in [0.15, 0.2) is 0 Å². The zero-order valence-electron chi connectivity index (χ0n) is 14.7. The first-order valence-corrected chi connectivity index (χ1v) is 9.35. The summed E-state index contributed by atoms with van der Waals surface area (Å²) in [5.41, 5.74) is 2.42. The van der Waals surface area contributed by atoms with Gasteiger partial charge in [-0.15, -0.1) is 11.3 Å². The lowest BCUT2D eigenvalue weighted by molar-refractivity contribution is -0.129. The minimum atomic E-state index is -0.248. The monoisotopic (exact) mass is 380 g/mol. The number of nitrogens with zero attached hydrogens (tertiary/aromatic N) is 4. The molecule has 0 N–H and O–H groups in total. The van der Waals surface area contributed by atoms with E-state index in [0.717, 1.165) is 16.6 Å². The molecule has 0 saturated heterocycles. The van der Waals surface area contributed by atoms with E-state index < -0.39 is 0 Å². The third kappa shape index (κ3) is 3.59. The molecule has 136 valence electrons. The highest BCUT2D eigenvalue weighted by atomic mass is 32.1. The van der Waals surface area contributed by atoms with Crippen LogP contribution in [-0.4, -0.2) is 32.8 Å². The number of benzene rings is 2. The Hall–Kier alpha value is -3.06. The molecule has 0 unspecified atom stereocenters. The first kappa shape index (κ1) is 17.4. The van der Waals surface area contributed by atoms with Crippen LogP contribution in [0, 0.1) is 5.82 Å². The van der Waals surface area contributed by atoms with Crippen molar-refractivity contribution in [3.8, 4) is 5.69 Å². The highest BCUT2D eigenvalue weighted by Crippen LogP contribution is 2.28. The van der Waals surface area contributed by atoms with E-state index >= 15 is 0 Å². The second kappa shape index (κ2) is 7.28. The molecule has 2 heterocycles. The Labute approximate surface area is 159 Å². The van der Waals surface area contributed by atoms with E-state index in [-0.39, 0.29) is 18.1 Å². The molecule has 0 saturated carbocycles. The lowest BCUT2D eigenvalue weighted by Crippen LogP contribution is -2.27. The number of halogens is 1. The van der Waals surface area contributed by atoms with Crippen molar-refractivity contribution in [1.82, 2.24) is 19.9 Å². The van der Waals surface area contributed by atoms with Crippen LogP contribution in [0.3, 0.4) is 0 Å². The van der Waals surface area contributed by atoms with Gasteiger partial charge in [-0.25, -0.2) is 4.39 Å². The maximum absolute atomic E-state index is 13.8. The Bertz CT molecular complexity index is 1090. The van der Waals surface area contributed by atoms with Crippen molar-refractivity contribution < 1.29 is 9.18 Å². The summed E-state index contributed by atoms with van der Waals surface area (Å²) in [5, 5.41) is 11.3. The first-order valence-electron chi connectivity index (χ1n) is 8.47. The highest BCUT2D eigenvalue weighted by Gasteiger charge is 2.16. The number of para-hydroxylation sites is 1. The molecule has 2 aromatic heterocycles. The molecule has 7 heteroatoms. The standard InChI is InChI=1S/C20H17FN4OS/c1-24(12-15-11-22-25(23-15)16-6-3-2-4-7-16)19(26)10-14-13-27-20-17(14)8-5-9-18(20)21/h2-9,11,13H,10,12H2,1H3. The van der Waals surface area contributed by atoms with Crippen molar-refractivity contribution in [2.45, 2.75) is 13.0 Å². The summed E-state index contributed by atoms with van der Waals surface area (Å²) in [6.45, 7) is 0.363. The topological polar surface area (TPSA) is 51.0 Å². The van der Waals surface area contributed by atoms with Crippen molar-refractivity contribution in [1.29, 1.82) is 0 Å². The van der Waals surface area contributed by atoms with Crippen LogP contribution in [0.5, 0.6) is 0 Å². The summed E-state index contributed by atoms with van der Waals surface area (Å²) in [6, 6.07) is 14.6. The molecular weight excluding hydrogens is 363 g/mol. The second-order valence-electron chi connectivity index (χ2n) is 6.26. The van der Waals surface area contributed by atoms with Crippen LogP contribution in [0.2, 0.25) is 0 Å². The Kier molecular flexibility index (Phi) is 4.68. The van der Waals surface area contributed by atoms with Crippen LogP contribution < -0.4 is 0 Å². The molecule has 4 rings (SSSR count). The summed E-state index contributed by atoms with van der Waals surface area (Å²) < 4.78 is 14.4. The predicted molar refractivity (Wildman–Crippen MR) is 103 cm³/mol. The van der Waals surface area contributed by atoms with Crippen molar-refractivity contribution >= 4 is 27.3 Å². The SMILES string of the molecule is CN(Cc1cnn(-c2ccccc2)n1)C(=O)Cc1csc2c(F)cccc12. The van der Waals surface area contributed by atoms with Gasteiger partial charge in [0, 0.05) is 7.05 Å². The van der Waals surface area contributed by atoms with Crippen molar-refractivity contribution in [3.05, 3.63) is 77.2 Å². The Balaban J connectivity index is 1.45. The minimum absolute atomic E-state index is 0.0479. The smallest absolute Gasteiger partial charge is 0.227 e. The molecule has 0 fully saturated rings. The molecule has 1 amide bonds. The van der Waals surface area contributed by atoms with Gasteiger partial charge in [-0.1, -0.05) is 30.3 Å². The summed E-state index contributed by atoms with van der Waals surface area (Å²) >= 11 is 1.33. The van der Waals surface area contributed by atoms with Crippen LogP contribution in [0.15, 0.2) is 60.1 Å². The van der Waals surface area contributed by atoms with E-state index in [4.69, 9.17) is 0 Å². The van der Waals surface area contributed by atoms with Crippen LogP contribution in [-0.2, 0) is 17.8 Å². The number of hydrogen-bond donors (Lipinski definition) is 0. The van der Waals surface area contributed by atoms with Crippen molar-refractivity contribution in [2.24, 2.45) is 0 Å². The average Bonchev–Trinajstić information content (AvgIpc) is 3.31. The zero-order chi connectivity index (χ0) is 18.8. The number of carbonyl (C=O) groups excluding carboxylic acids is 1. The van der Waals surface area contributed by atoms with Gasteiger partial charge in [-0.05, 0) is 34.5 Å². The van der Waals surface area contributed by atoms with Crippen LogP contribution in [0.1, 0.15) is 11.3 Å². The van der Waals surface area contributed by atoms with Gasteiger partial charge in [0.1, 0.15) is 11.5 Å². The molecule has 4 aromatic rings. The maximum atomic E-state index is 13.8. The maximum Gasteiger partial charge on any atom is 0.227 e. The van der Waals surface area contributed by atoms with Crippen LogP contribution >= 0.6 is 11.3 Å². The molecular formula is C20H17FN4OS. The zero-order valence-corrected chi connectivity index (χ0v) is 15.5. The molecule has 0 atom stereocenters. The minimum Gasteiger partial charge on any atom is -0.339 e. The number of amides is 1. The Morgan fingerprint density at radius 3 is 2.81 bits per heavy atom. The van der Waals surface area contributed by atoms with Crippen LogP contribution in [0.25, 0.3) is 15.8 Å². The Morgan fingerprint density at radius 1 is 1.19 bits per heavy atom. The van der Waals surface area contributed by atoms with Gasteiger partial charge in [-0.2, -0.15) is 15.0 Å². The molecule has 0 aliphatic carbocycles. The third-order valence-corrected chi connectivity index (χ3v) is 5.38. The summed E-state index contributed by atoms with van der Waals surface area (Å²) in [5.74, 6) is -0.296. The molecule has 5 nitrogen and oxygen atoms in total. The van der Waals surface area contributed by atoms with E-state index in [2.05, 4.69) is 10.2 Å². The molecule has 27 heavy (non-hydrogen) atoms. The van der Waals surface area contributed by atoms with E-state index in [9.17, 15) is 9.18 Å². The van der Waals surface area contributed by atoms with Gasteiger partial charge < -0.3 is 4.90 Å². The number of aromatic nitrogens is 3. The van der Waals surface area contributed by atoms with Gasteiger partial charge in [-0.3, -0.25) is 4.79 Å². The van der Waals surface area contributed by atoms with E-state index in [1.807, 2.05) is 41.8 Å². The second-order valence-corrected chi connectivity index (χ2v) is 7.14. The van der Waals surface area contributed by atoms with E-state index in [0.29, 0.717) is 16.9 Å². The van der Waals surface area contributed by atoms with E-state index in [1.165, 1.54) is 17.4 Å². The number of hydrogen-bond acceptors (Lipinski definition) is 4. The third-order valence-electron chi connectivity index (χ3n) is 4.33. The summed E-state index contributed by atoms with van der Waals surface area (Å²) in [7, 11) is 1.74. The molecule has 0 aliphatic heterocycles. The fraction of sp³-hybridized carbons (Fsp3) is 0.150. The fourth-order valence-corrected chi connectivity index (χ4v) is 3.87. The van der Waals surface area contributed by atoms with Gasteiger partial charge >= 0.3 is 0 Å². The first-order chi connectivity index (χ1) is 13.1.